The van der Waals surface area contributed by atoms with E-state index in [0.29, 0.717) is 47.0 Å². The molecule has 10 rings (SSSR count). The highest BCUT2D eigenvalue weighted by Crippen LogP contribution is 2.65. The Morgan fingerprint density at radius 1 is 0.828 bits per heavy atom. The van der Waals surface area contributed by atoms with Gasteiger partial charge in [0.25, 0.3) is 0 Å². The van der Waals surface area contributed by atoms with Gasteiger partial charge in [-0.2, -0.15) is 0 Å². The Morgan fingerprint density at radius 3 is 2.31 bits per heavy atom. The van der Waals surface area contributed by atoms with Gasteiger partial charge in [-0.15, -0.1) is 0 Å². The van der Waals surface area contributed by atoms with E-state index in [1.807, 2.05) is 121 Å². The van der Waals surface area contributed by atoms with Crippen molar-refractivity contribution in [1.82, 2.24) is 4.90 Å². The van der Waals surface area contributed by atoms with E-state index >= 15 is 14.4 Å². The standard InChI is InChI=1S/C53H50N4O7/c58-29-32-63-42-18-10-17-39(34-42)49-53(43-33-36(21-26-44(43)55-52(53)61)20-19-35-11-4-1-5-12-35)45(50(59)54-40-22-24-41(25-23-40)56-27-30-62-31-28-56)47-51(60)64-48(38-15-8-3-9-16-38)46(57(47)49)37-13-6-2-7-14-37/h2-3,6-11,13-18,21-26,33-34,45-49,58H,1,4-5,12,27-32H2,(H,54,59)(H,55,61)/t45-,46-,47-,48+,49+,53-/m1/s1. The molecule has 3 fully saturated rings. The van der Waals surface area contributed by atoms with Crippen molar-refractivity contribution < 1.29 is 33.7 Å². The summed E-state index contributed by atoms with van der Waals surface area (Å²) in [5.41, 5.74) is 4.99. The molecule has 0 unspecified atom stereocenters. The minimum atomic E-state index is -1.70. The summed E-state index contributed by atoms with van der Waals surface area (Å²) < 4.78 is 18.2. The molecular weight excluding hydrogens is 805 g/mol. The number of fused-ring (bicyclic) bond motifs is 3. The number of allylic oxidation sites excluding steroid dienone is 2. The summed E-state index contributed by atoms with van der Waals surface area (Å²) in [5.74, 6) is 4.41. The van der Waals surface area contributed by atoms with Gasteiger partial charge in [0.1, 0.15) is 29.9 Å². The highest BCUT2D eigenvalue weighted by molar-refractivity contribution is 6.13. The molecule has 64 heavy (non-hydrogen) atoms. The largest absolute Gasteiger partial charge is 0.491 e. The number of cyclic esters (lactones) is 1. The van der Waals surface area contributed by atoms with Crippen LogP contribution in [-0.4, -0.2) is 73.3 Å². The maximum Gasteiger partial charge on any atom is 0.324 e. The molecule has 1 spiro atoms. The lowest BCUT2D eigenvalue weighted by molar-refractivity contribution is -0.177. The van der Waals surface area contributed by atoms with Crippen LogP contribution >= 0.6 is 0 Å². The Kier molecular flexibility index (Phi) is 11.5. The zero-order valence-corrected chi connectivity index (χ0v) is 35.5. The van der Waals surface area contributed by atoms with Crippen molar-refractivity contribution in [1.29, 1.82) is 0 Å². The van der Waals surface area contributed by atoms with E-state index in [-0.39, 0.29) is 13.2 Å². The third kappa shape index (κ3) is 7.51. The number of esters is 1. The van der Waals surface area contributed by atoms with Crippen LogP contribution in [0.1, 0.15) is 71.7 Å². The van der Waals surface area contributed by atoms with Crippen LogP contribution in [0.3, 0.4) is 0 Å². The summed E-state index contributed by atoms with van der Waals surface area (Å²) in [6.07, 6.45) is 5.52. The Morgan fingerprint density at radius 2 is 1.58 bits per heavy atom. The van der Waals surface area contributed by atoms with Gasteiger partial charge >= 0.3 is 5.97 Å². The van der Waals surface area contributed by atoms with E-state index < -0.39 is 53.3 Å². The van der Waals surface area contributed by atoms with Crippen molar-refractivity contribution in [3.8, 4) is 17.6 Å². The summed E-state index contributed by atoms with van der Waals surface area (Å²) in [6, 6.07) is 37.4. The lowest BCUT2D eigenvalue weighted by atomic mass is 9.65. The van der Waals surface area contributed by atoms with Gasteiger partial charge in [0.05, 0.1) is 37.8 Å². The lowest BCUT2D eigenvalue weighted by Gasteiger charge is -2.46. The molecule has 0 radical (unpaired) electrons. The van der Waals surface area contributed by atoms with Gasteiger partial charge in [-0.1, -0.05) is 90.7 Å². The molecule has 11 heteroatoms. The minimum absolute atomic E-state index is 0.0534. The van der Waals surface area contributed by atoms with Crippen LogP contribution in [-0.2, 0) is 29.3 Å². The summed E-state index contributed by atoms with van der Waals surface area (Å²) in [6.45, 7) is 2.65. The first-order valence-corrected chi connectivity index (χ1v) is 22.3. The minimum Gasteiger partial charge on any atom is -0.491 e. The first-order chi connectivity index (χ1) is 31.4. The number of rotatable bonds is 9. The van der Waals surface area contributed by atoms with Crippen LogP contribution in [0.25, 0.3) is 0 Å². The Balaban J connectivity index is 1.19. The highest BCUT2D eigenvalue weighted by atomic mass is 16.6. The van der Waals surface area contributed by atoms with E-state index in [1.54, 1.807) is 6.07 Å². The van der Waals surface area contributed by atoms with Crippen molar-refractivity contribution in [2.24, 2.45) is 5.92 Å². The molecule has 5 aliphatic rings. The number of carbonyl (C=O) groups is 3. The normalized spacial score (nSPS) is 25.0. The Bertz CT molecular complexity index is 2640. The molecule has 0 saturated carbocycles. The van der Waals surface area contributed by atoms with Gasteiger partial charge in [-0.3, -0.25) is 19.3 Å². The topological polar surface area (TPSA) is 130 Å². The van der Waals surface area contributed by atoms with Gasteiger partial charge in [-0.05, 0) is 108 Å². The predicted molar refractivity (Wildman–Crippen MR) is 244 cm³/mol. The van der Waals surface area contributed by atoms with Crippen LogP contribution in [0.5, 0.6) is 5.75 Å². The van der Waals surface area contributed by atoms with Crippen molar-refractivity contribution in [2.45, 2.75) is 55.3 Å². The lowest BCUT2D eigenvalue weighted by Crippen LogP contribution is -2.53. The van der Waals surface area contributed by atoms with Crippen molar-refractivity contribution in [3.05, 3.63) is 167 Å². The molecule has 3 N–H and O–H groups in total. The molecule has 3 saturated heterocycles. The summed E-state index contributed by atoms with van der Waals surface area (Å²) in [4.78, 5) is 50.9. The predicted octanol–water partition coefficient (Wildman–Crippen LogP) is 7.66. The SMILES string of the molecule is O=C1O[C@@H](c2ccccc2)[C@@H](c2ccccc2)N2[C@@H](c3cccc(OCCO)c3)[C@]3(C(=O)Nc4ccc(C#CC5=CCCCC5)cc43)[C@@H](C(=O)Nc3ccc(N4CCOCC4)cc3)[C@H]12. The number of hydrogen-bond acceptors (Lipinski definition) is 9. The summed E-state index contributed by atoms with van der Waals surface area (Å²) in [5, 5.41) is 16.1. The molecule has 5 aromatic carbocycles. The zero-order chi connectivity index (χ0) is 43.6. The zero-order valence-electron chi connectivity index (χ0n) is 35.5. The van der Waals surface area contributed by atoms with Gasteiger partial charge in [0, 0.05) is 35.7 Å². The molecule has 0 aromatic heterocycles. The number of carbonyl (C=O) groups excluding carboxylic acids is 3. The molecule has 1 aliphatic carbocycles. The molecule has 11 nitrogen and oxygen atoms in total. The van der Waals surface area contributed by atoms with Crippen LogP contribution in [0.2, 0.25) is 0 Å². The fraction of sp³-hybridized carbons (Fsp3) is 0.302. The van der Waals surface area contributed by atoms with Crippen LogP contribution in [0, 0.1) is 17.8 Å². The molecule has 2 amide bonds. The molecular formula is C53H50N4O7. The molecule has 4 aliphatic heterocycles. The quantitative estimate of drug-likeness (QED) is 0.101. The fourth-order valence-corrected chi connectivity index (χ4v) is 10.5. The third-order valence-electron chi connectivity index (χ3n) is 13.3. The Hall–Kier alpha value is -6.71. The Labute approximate surface area is 373 Å². The number of benzene rings is 5. The van der Waals surface area contributed by atoms with E-state index in [0.717, 1.165) is 61.2 Å². The maximum absolute atomic E-state index is 15.7. The number of hydrogen-bond donors (Lipinski definition) is 3. The number of morpholine rings is 2. The van der Waals surface area contributed by atoms with Crippen molar-refractivity contribution in [3.63, 3.8) is 0 Å². The second kappa shape index (κ2) is 17.8. The third-order valence-corrected chi connectivity index (χ3v) is 13.3. The molecule has 4 heterocycles. The van der Waals surface area contributed by atoms with Crippen LogP contribution < -0.4 is 20.3 Å². The smallest absolute Gasteiger partial charge is 0.324 e. The average Bonchev–Trinajstić information content (AvgIpc) is 3.82. The second-order valence-corrected chi connectivity index (χ2v) is 17.0. The molecule has 6 atom stereocenters. The number of aliphatic hydroxyl groups is 1. The van der Waals surface area contributed by atoms with Gasteiger partial charge in [0.2, 0.25) is 11.8 Å². The molecule has 0 bridgehead atoms. The highest BCUT2D eigenvalue weighted by Gasteiger charge is 2.74. The maximum atomic E-state index is 15.7. The van der Waals surface area contributed by atoms with E-state index in [4.69, 9.17) is 14.2 Å². The molecule has 5 aromatic rings. The number of anilines is 3. The number of nitrogens with one attached hydrogen (secondary N) is 2. The monoisotopic (exact) mass is 854 g/mol. The van der Waals surface area contributed by atoms with Gasteiger partial charge < -0.3 is 34.9 Å². The van der Waals surface area contributed by atoms with E-state index in [2.05, 4.69) is 38.4 Å². The van der Waals surface area contributed by atoms with Crippen LogP contribution in [0.15, 0.2) is 139 Å². The van der Waals surface area contributed by atoms with Crippen LogP contribution in [0.4, 0.5) is 17.1 Å². The van der Waals surface area contributed by atoms with Gasteiger partial charge in [-0.25, -0.2) is 0 Å². The number of nitrogens with zero attached hydrogens (tertiary/aromatic N) is 2. The van der Waals surface area contributed by atoms with E-state index in [9.17, 15) is 5.11 Å². The first kappa shape index (κ1) is 41.3. The summed E-state index contributed by atoms with van der Waals surface area (Å²) >= 11 is 0. The van der Waals surface area contributed by atoms with Gasteiger partial charge in [0.15, 0.2) is 0 Å². The molecule has 324 valence electrons. The number of amides is 2. The number of aliphatic hydroxyl groups excluding tert-OH is 1. The number of ether oxygens (including phenoxy) is 3. The first-order valence-electron chi connectivity index (χ1n) is 22.3. The van der Waals surface area contributed by atoms with Crippen molar-refractivity contribution in [2.75, 3.05) is 55.1 Å². The van der Waals surface area contributed by atoms with Crippen molar-refractivity contribution >= 4 is 34.8 Å². The second-order valence-electron chi connectivity index (χ2n) is 17.0. The van der Waals surface area contributed by atoms with E-state index in [1.165, 1.54) is 0 Å². The average molecular weight is 855 g/mol. The summed E-state index contributed by atoms with van der Waals surface area (Å²) in [7, 11) is 0. The fourth-order valence-electron chi connectivity index (χ4n) is 10.5.